The van der Waals surface area contributed by atoms with Gasteiger partial charge in [0.2, 0.25) is 0 Å². The Kier molecular flexibility index (Phi) is 6.02. The zero-order valence-corrected chi connectivity index (χ0v) is 17.6. The first-order valence-corrected chi connectivity index (χ1v) is 11.4. The monoisotopic (exact) mass is 412 g/mol. The van der Waals surface area contributed by atoms with Gasteiger partial charge in [0, 0.05) is 36.8 Å². The van der Waals surface area contributed by atoms with Gasteiger partial charge in [0.1, 0.15) is 15.7 Å². The number of anilines is 1. The molecule has 4 heterocycles. The highest BCUT2D eigenvalue weighted by atomic mass is 32.1. The van der Waals surface area contributed by atoms with Gasteiger partial charge in [-0.2, -0.15) is 11.3 Å². The van der Waals surface area contributed by atoms with Crippen molar-refractivity contribution < 1.29 is 4.79 Å². The Morgan fingerprint density at radius 1 is 1.21 bits per heavy atom. The first-order chi connectivity index (χ1) is 13.7. The molecular formula is C21H24N4OS2. The van der Waals surface area contributed by atoms with Gasteiger partial charge in [0.25, 0.3) is 5.91 Å². The van der Waals surface area contributed by atoms with E-state index < -0.39 is 0 Å². The number of pyridine rings is 1. The summed E-state index contributed by atoms with van der Waals surface area (Å²) in [5, 5.41) is 8.03. The van der Waals surface area contributed by atoms with Gasteiger partial charge in [-0.05, 0) is 48.9 Å². The van der Waals surface area contributed by atoms with E-state index in [0.717, 1.165) is 40.7 Å². The predicted octanol–water partition coefficient (Wildman–Crippen LogP) is 4.89. The lowest BCUT2D eigenvalue weighted by Gasteiger charge is -2.21. The Hall–Kier alpha value is -2.25. The molecule has 3 aromatic rings. The van der Waals surface area contributed by atoms with E-state index in [2.05, 4.69) is 31.6 Å². The molecule has 1 fully saturated rings. The molecular weight excluding hydrogens is 388 g/mol. The van der Waals surface area contributed by atoms with Gasteiger partial charge in [0.15, 0.2) is 0 Å². The molecule has 1 aliphatic heterocycles. The zero-order chi connectivity index (χ0) is 19.3. The van der Waals surface area contributed by atoms with Crippen LogP contribution in [0.3, 0.4) is 0 Å². The number of nitrogens with zero attached hydrogens (tertiary/aromatic N) is 3. The van der Waals surface area contributed by atoms with Crippen molar-refractivity contribution in [1.29, 1.82) is 0 Å². The number of nitrogens with one attached hydrogen (secondary N) is 1. The summed E-state index contributed by atoms with van der Waals surface area (Å²) in [6.45, 7) is 4.51. The second-order valence-corrected chi connectivity index (χ2v) is 8.83. The Morgan fingerprint density at radius 3 is 2.79 bits per heavy atom. The van der Waals surface area contributed by atoms with E-state index >= 15 is 0 Å². The van der Waals surface area contributed by atoms with Gasteiger partial charge in [-0.1, -0.05) is 12.8 Å². The van der Waals surface area contributed by atoms with Crippen molar-refractivity contribution in [2.45, 2.75) is 39.2 Å². The highest BCUT2D eigenvalue weighted by Crippen LogP contribution is 2.29. The van der Waals surface area contributed by atoms with Crippen LogP contribution in [0.4, 0.5) is 5.82 Å². The highest BCUT2D eigenvalue weighted by Gasteiger charge is 2.17. The average Bonchev–Trinajstić information content (AvgIpc) is 3.29. The van der Waals surface area contributed by atoms with Crippen LogP contribution in [0.15, 0.2) is 35.2 Å². The minimum Gasteiger partial charge on any atom is -0.357 e. The Bertz CT molecular complexity index is 928. The van der Waals surface area contributed by atoms with Gasteiger partial charge in [-0.3, -0.25) is 4.79 Å². The van der Waals surface area contributed by atoms with Gasteiger partial charge >= 0.3 is 0 Å². The number of aromatic nitrogens is 2. The van der Waals surface area contributed by atoms with Crippen molar-refractivity contribution in [2.24, 2.45) is 0 Å². The van der Waals surface area contributed by atoms with Crippen LogP contribution in [0.2, 0.25) is 0 Å². The number of aryl methyl sites for hydroxylation is 1. The van der Waals surface area contributed by atoms with Gasteiger partial charge in [0.05, 0.1) is 5.69 Å². The van der Waals surface area contributed by atoms with Crippen LogP contribution in [0.25, 0.3) is 10.6 Å². The number of hydrogen-bond acceptors (Lipinski definition) is 6. The summed E-state index contributed by atoms with van der Waals surface area (Å²) in [5.74, 6) is 0.951. The maximum Gasteiger partial charge on any atom is 0.263 e. The number of carbonyl (C=O) groups excluding carboxylic acids is 1. The molecule has 0 radical (unpaired) electrons. The van der Waals surface area contributed by atoms with E-state index in [4.69, 9.17) is 0 Å². The standard InChI is InChI=1S/C21H24N4OS2/c1-15-19(28-21(24-15)17-7-11-27-14-17)20(26)23-13-16-6-8-22-18(12-16)25-9-4-2-3-5-10-25/h6-8,11-12,14H,2-5,9-10,13H2,1H3,(H,23,26). The zero-order valence-electron chi connectivity index (χ0n) is 16.0. The molecule has 0 aromatic carbocycles. The summed E-state index contributed by atoms with van der Waals surface area (Å²) >= 11 is 3.09. The van der Waals surface area contributed by atoms with Crippen molar-refractivity contribution in [2.75, 3.05) is 18.0 Å². The molecule has 0 bridgehead atoms. The van der Waals surface area contributed by atoms with E-state index in [9.17, 15) is 4.79 Å². The van der Waals surface area contributed by atoms with E-state index in [1.165, 1.54) is 37.0 Å². The average molecular weight is 413 g/mol. The minimum absolute atomic E-state index is 0.0652. The van der Waals surface area contributed by atoms with E-state index in [1.807, 2.05) is 30.6 Å². The molecule has 4 rings (SSSR count). The van der Waals surface area contributed by atoms with Crippen LogP contribution in [0.1, 0.15) is 46.6 Å². The molecule has 3 aromatic heterocycles. The number of amides is 1. The topological polar surface area (TPSA) is 58.1 Å². The molecule has 28 heavy (non-hydrogen) atoms. The van der Waals surface area contributed by atoms with Crippen LogP contribution in [0, 0.1) is 6.92 Å². The van der Waals surface area contributed by atoms with E-state index in [0.29, 0.717) is 11.4 Å². The third-order valence-corrected chi connectivity index (χ3v) is 6.85. The fourth-order valence-electron chi connectivity index (χ4n) is 3.42. The number of carbonyl (C=O) groups is 1. The third-order valence-electron chi connectivity index (χ3n) is 4.96. The van der Waals surface area contributed by atoms with Gasteiger partial charge < -0.3 is 10.2 Å². The molecule has 1 amide bonds. The van der Waals surface area contributed by atoms with E-state index in [-0.39, 0.29) is 5.91 Å². The van der Waals surface area contributed by atoms with Crippen LogP contribution in [-0.2, 0) is 6.54 Å². The molecule has 146 valence electrons. The lowest BCUT2D eigenvalue weighted by Crippen LogP contribution is -2.26. The summed E-state index contributed by atoms with van der Waals surface area (Å²) in [6.07, 6.45) is 6.88. The maximum absolute atomic E-state index is 12.7. The molecule has 0 aliphatic carbocycles. The molecule has 0 atom stereocenters. The van der Waals surface area contributed by atoms with Crippen LogP contribution in [0.5, 0.6) is 0 Å². The Labute approximate surface area is 173 Å². The normalized spacial score (nSPS) is 14.7. The predicted molar refractivity (Wildman–Crippen MR) is 116 cm³/mol. The third kappa shape index (κ3) is 4.42. The van der Waals surface area contributed by atoms with Crippen molar-refractivity contribution in [3.63, 3.8) is 0 Å². The minimum atomic E-state index is -0.0652. The Morgan fingerprint density at radius 2 is 2.04 bits per heavy atom. The summed E-state index contributed by atoms with van der Waals surface area (Å²) < 4.78 is 0. The fraction of sp³-hybridized carbons (Fsp3) is 0.381. The van der Waals surface area contributed by atoms with Crippen LogP contribution in [-0.4, -0.2) is 29.0 Å². The molecule has 5 nitrogen and oxygen atoms in total. The quantitative estimate of drug-likeness (QED) is 0.648. The number of rotatable bonds is 5. The Balaban J connectivity index is 1.42. The summed E-state index contributed by atoms with van der Waals surface area (Å²) in [4.78, 5) is 24.8. The molecule has 0 saturated carbocycles. The largest absolute Gasteiger partial charge is 0.357 e. The lowest BCUT2D eigenvalue weighted by molar-refractivity contribution is 0.0954. The first kappa shape index (κ1) is 19.1. The molecule has 1 N–H and O–H groups in total. The number of thiophene rings is 1. The van der Waals surface area contributed by atoms with Gasteiger partial charge in [-0.15, -0.1) is 11.3 Å². The van der Waals surface area contributed by atoms with Crippen molar-refractivity contribution >= 4 is 34.4 Å². The van der Waals surface area contributed by atoms with Crippen molar-refractivity contribution in [3.8, 4) is 10.6 Å². The van der Waals surface area contributed by atoms with Crippen molar-refractivity contribution in [3.05, 3.63) is 51.3 Å². The molecule has 1 saturated heterocycles. The lowest BCUT2D eigenvalue weighted by atomic mass is 10.2. The van der Waals surface area contributed by atoms with E-state index in [1.54, 1.807) is 11.3 Å². The van der Waals surface area contributed by atoms with Crippen LogP contribution < -0.4 is 10.2 Å². The molecule has 7 heteroatoms. The summed E-state index contributed by atoms with van der Waals surface area (Å²) in [5.41, 5.74) is 2.93. The number of hydrogen-bond donors (Lipinski definition) is 1. The fourth-order valence-corrected chi connectivity index (χ4v) is 5.12. The summed E-state index contributed by atoms with van der Waals surface area (Å²) in [6, 6.07) is 6.10. The maximum atomic E-state index is 12.7. The van der Waals surface area contributed by atoms with Crippen LogP contribution >= 0.6 is 22.7 Å². The van der Waals surface area contributed by atoms with Gasteiger partial charge in [-0.25, -0.2) is 9.97 Å². The second-order valence-electron chi connectivity index (χ2n) is 7.05. The summed E-state index contributed by atoms with van der Waals surface area (Å²) in [7, 11) is 0. The highest BCUT2D eigenvalue weighted by molar-refractivity contribution is 7.17. The SMILES string of the molecule is Cc1nc(-c2ccsc2)sc1C(=O)NCc1ccnc(N2CCCCCC2)c1. The molecule has 0 spiro atoms. The van der Waals surface area contributed by atoms with Crippen molar-refractivity contribution in [1.82, 2.24) is 15.3 Å². The second kappa shape index (κ2) is 8.84. The smallest absolute Gasteiger partial charge is 0.263 e. The molecule has 1 aliphatic rings. The molecule has 0 unspecified atom stereocenters. The first-order valence-electron chi connectivity index (χ1n) is 9.69. The number of thiazole rings is 1.